The van der Waals surface area contributed by atoms with Gasteiger partial charge in [-0.25, -0.2) is 0 Å². The maximum Gasteiger partial charge on any atom is 0.184 e. The number of Topliss-reactive ketones (excluding diaryl/α,β-unsaturated/α-hetero) is 1. The lowest BCUT2D eigenvalue weighted by molar-refractivity contribution is 0.0966. The third kappa shape index (κ3) is 2.87. The number of aromatic nitrogens is 2. The Hall–Kier alpha value is -1.62. The van der Waals surface area contributed by atoms with Gasteiger partial charge in [0, 0.05) is 5.56 Å². The first kappa shape index (κ1) is 13.8. The molecule has 2 rings (SSSR count). The average molecular weight is 323 g/mol. The van der Waals surface area contributed by atoms with Gasteiger partial charge in [0.2, 0.25) is 0 Å². The van der Waals surface area contributed by atoms with E-state index >= 15 is 0 Å². The lowest BCUT2D eigenvalue weighted by Gasteiger charge is -2.05. The second kappa shape index (κ2) is 5.57. The summed E-state index contributed by atoms with van der Waals surface area (Å²) < 4.78 is 7.78. The van der Waals surface area contributed by atoms with Gasteiger partial charge in [0.05, 0.1) is 23.0 Å². The number of halogens is 1. The van der Waals surface area contributed by atoms with Crippen LogP contribution < -0.4 is 4.74 Å². The molecule has 2 aromatic rings. The number of ketones is 1. The van der Waals surface area contributed by atoms with E-state index in [0.717, 1.165) is 15.9 Å². The molecule has 0 saturated carbocycles. The van der Waals surface area contributed by atoms with Gasteiger partial charge in [0.25, 0.3) is 0 Å². The predicted molar refractivity (Wildman–Crippen MR) is 76.7 cm³/mol. The highest BCUT2D eigenvalue weighted by Crippen LogP contribution is 2.20. The first-order valence-electron chi connectivity index (χ1n) is 5.89. The van der Waals surface area contributed by atoms with Gasteiger partial charge in [0.15, 0.2) is 5.78 Å². The van der Waals surface area contributed by atoms with E-state index in [0.29, 0.717) is 11.3 Å². The van der Waals surface area contributed by atoms with Crippen LogP contribution in [0.25, 0.3) is 0 Å². The molecule has 5 heteroatoms. The lowest BCUT2D eigenvalue weighted by Crippen LogP contribution is -2.13. The fourth-order valence-electron chi connectivity index (χ4n) is 1.85. The average Bonchev–Trinajstić information content (AvgIpc) is 2.66. The van der Waals surface area contributed by atoms with Gasteiger partial charge >= 0.3 is 0 Å². The van der Waals surface area contributed by atoms with Gasteiger partial charge in [-0.15, -0.1) is 0 Å². The molecular formula is C14H15BrN2O2. The summed E-state index contributed by atoms with van der Waals surface area (Å²) in [5, 5.41) is 4.34. The third-order valence-electron chi connectivity index (χ3n) is 2.98. The first-order valence-corrected chi connectivity index (χ1v) is 6.69. The molecule has 0 unspecified atom stereocenters. The molecule has 1 heterocycles. The van der Waals surface area contributed by atoms with E-state index in [1.165, 1.54) is 0 Å². The zero-order valence-electron chi connectivity index (χ0n) is 11.1. The molecule has 0 saturated heterocycles. The van der Waals surface area contributed by atoms with E-state index < -0.39 is 0 Å². The van der Waals surface area contributed by atoms with Crippen molar-refractivity contribution in [1.82, 2.24) is 9.78 Å². The number of benzene rings is 1. The Balaban J connectivity index is 2.23. The summed E-state index contributed by atoms with van der Waals surface area (Å²) in [4.78, 5) is 12.2. The van der Waals surface area contributed by atoms with Crippen LogP contribution in [0, 0.1) is 13.8 Å². The van der Waals surface area contributed by atoms with Crippen molar-refractivity contribution in [2.75, 3.05) is 7.11 Å². The Morgan fingerprint density at radius 2 is 2.16 bits per heavy atom. The van der Waals surface area contributed by atoms with Gasteiger partial charge in [0.1, 0.15) is 12.3 Å². The van der Waals surface area contributed by atoms with E-state index in [1.807, 2.05) is 26.0 Å². The zero-order chi connectivity index (χ0) is 14.0. The van der Waals surface area contributed by atoms with E-state index in [1.54, 1.807) is 23.9 Å². The predicted octanol–water partition coefficient (Wildman–Crippen LogP) is 3.15. The van der Waals surface area contributed by atoms with Crippen molar-refractivity contribution >= 4 is 21.7 Å². The molecule has 0 spiro atoms. The van der Waals surface area contributed by atoms with Crippen LogP contribution in [0.4, 0.5) is 0 Å². The maximum absolute atomic E-state index is 12.2. The summed E-state index contributed by atoms with van der Waals surface area (Å²) >= 11 is 3.45. The van der Waals surface area contributed by atoms with Gasteiger partial charge in [-0.2, -0.15) is 5.10 Å². The van der Waals surface area contributed by atoms with Gasteiger partial charge in [-0.1, -0.05) is 12.1 Å². The number of rotatable bonds is 4. The van der Waals surface area contributed by atoms with Gasteiger partial charge in [-0.3, -0.25) is 9.48 Å². The van der Waals surface area contributed by atoms with Gasteiger partial charge < -0.3 is 4.74 Å². The highest BCUT2D eigenvalue weighted by Gasteiger charge is 2.13. The minimum absolute atomic E-state index is 0.0111. The van der Waals surface area contributed by atoms with Crippen molar-refractivity contribution in [3.8, 4) is 5.75 Å². The molecule has 1 aromatic carbocycles. The van der Waals surface area contributed by atoms with Crippen molar-refractivity contribution in [2.45, 2.75) is 20.4 Å². The third-order valence-corrected chi connectivity index (χ3v) is 4.13. The number of hydrogen-bond acceptors (Lipinski definition) is 3. The van der Waals surface area contributed by atoms with Crippen LogP contribution in [-0.2, 0) is 6.54 Å². The molecular weight excluding hydrogens is 308 g/mol. The molecule has 19 heavy (non-hydrogen) atoms. The van der Waals surface area contributed by atoms with Crippen molar-refractivity contribution < 1.29 is 9.53 Å². The normalized spacial score (nSPS) is 10.5. The summed E-state index contributed by atoms with van der Waals surface area (Å²) in [6.07, 6.45) is 0. The topological polar surface area (TPSA) is 44.1 Å². The van der Waals surface area contributed by atoms with Crippen molar-refractivity contribution in [2.24, 2.45) is 0 Å². The fraction of sp³-hybridized carbons (Fsp3) is 0.286. The Morgan fingerprint density at radius 1 is 1.42 bits per heavy atom. The number of ether oxygens (including phenoxy) is 1. The van der Waals surface area contributed by atoms with E-state index in [2.05, 4.69) is 21.0 Å². The van der Waals surface area contributed by atoms with Crippen molar-refractivity contribution in [1.29, 1.82) is 0 Å². The number of methoxy groups -OCH3 is 1. The minimum atomic E-state index is 0.0111. The van der Waals surface area contributed by atoms with Crippen LogP contribution in [0.5, 0.6) is 5.75 Å². The van der Waals surface area contributed by atoms with Crippen LogP contribution in [0.3, 0.4) is 0 Å². The van der Waals surface area contributed by atoms with Crippen LogP contribution >= 0.6 is 15.9 Å². The molecule has 0 atom stereocenters. The second-order valence-corrected chi connectivity index (χ2v) is 5.09. The number of hydrogen-bond donors (Lipinski definition) is 0. The number of carbonyl (C=O) groups excluding carboxylic acids is 1. The Kier molecular flexibility index (Phi) is 4.04. The molecule has 0 amide bonds. The van der Waals surface area contributed by atoms with Crippen molar-refractivity contribution in [3.63, 3.8) is 0 Å². The molecule has 0 radical (unpaired) electrons. The molecule has 0 aliphatic carbocycles. The van der Waals surface area contributed by atoms with E-state index in [9.17, 15) is 4.79 Å². The summed E-state index contributed by atoms with van der Waals surface area (Å²) in [5.41, 5.74) is 2.47. The number of carbonyl (C=O) groups is 1. The highest BCUT2D eigenvalue weighted by atomic mass is 79.9. The summed E-state index contributed by atoms with van der Waals surface area (Å²) in [6, 6.07) is 7.15. The first-order chi connectivity index (χ1) is 9.02. The molecule has 0 bridgehead atoms. The monoisotopic (exact) mass is 322 g/mol. The highest BCUT2D eigenvalue weighted by molar-refractivity contribution is 9.10. The smallest absolute Gasteiger partial charge is 0.184 e. The van der Waals surface area contributed by atoms with Crippen LogP contribution in [0.2, 0.25) is 0 Å². The Labute approximate surface area is 120 Å². The summed E-state index contributed by atoms with van der Waals surface area (Å²) in [6.45, 7) is 4.07. The Morgan fingerprint density at radius 3 is 2.74 bits per heavy atom. The molecule has 0 aliphatic heterocycles. The fourth-order valence-corrected chi connectivity index (χ4v) is 2.14. The second-order valence-electron chi connectivity index (χ2n) is 4.30. The maximum atomic E-state index is 12.2. The molecule has 4 nitrogen and oxygen atoms in total. The molecule has 100 valence electrons. The Bertz CT molecular complexity index is 620. The molecule has 0 fully saturated rings. The number of aryl methyl sites for hydroxylation is 1. The molecule has 0 N–H and O–H groups in total. The quantitative estimate of drug-likeness (QED) is 0.812. The van der Waals surface area contributed by atoms with E-state index in [-0.39, 0.29) is 12.3 Å². The molecule has 1 aromatic heterocycles. The SMILES string of the molecule is COc1cccc(C(=O)Cn2nc(C)c(Br)c2C)c1. The van der Waals surface area contributed by atoms with Crippen LogP contribution in [0.15, 0.2) is 28.7 Å². The van der Waals surface area contributed by atoms with Crippen molar-refractivity contribution in [3.05, 3.63) is 45.7 Å². The zero-order valence-corrected chi connectivity index (χ0v) is 12.7. The standard InChI is InChI=1S/C14H15BrN2O2/c1-9-14(15)10(2)17(16-9)8-13(18)11-5-4-6-12(7-11)19-3/h4-7H,8H2,1-3H3. The summed E-state index contributed by atoms with van der Waals surface area (Å²) in [7, 11) is 1.59. The van der Waals surface area contributed by atoms with Crippen LogP contribution in [-0.4, -0.2) is 22.7 Å². The van der Waals surface area contributed by atoms with Crippen LogP contribution in [0.1, 0.15) is 21.7 Å². The van der Waals surface area contributed by atoms with Gasteiger partial charge in [-0.05, 0) is 41.9 Å². The minimum Gasteiger partial charge on any atom is -0.497 e. The molecule has 0 aliphatic rings. The largest absolute Gasteiger partial charge is 0.497 e. The summed E-state index contributed by atoms with van der Waals surface area (Å²) in [5.74, 6) is 0.692. The number of nitrogens with zero attached hydrogens (tertiary/aromatic N) is 2. The van der Waals surface area contributed by atoms with E-state index in [4.69, 9.17) is 4.74 Å². The lowest BCUT2D eigenvalue weighted by atomic mass is 10.1.